The number of nitrogens with one attached hydrogen (secondary N) is 2. The number of carbonyl (C=O) groups excluding carboxylic acids is 2. The van der Waals surface area contributed by atoms with Gasteiger partial charge in [0.1, 0.15) is 17.0 Å². The van der Waals surface area contributed by atoms with Crippen molar-refractivity contribution >= 4 is 51.2 Å². The molecule has 2 aromatic rings. The Hall–Kier alpha value is -2.67. The van der Waals surface area contributed by atoms with Crippen LogP contribution < -0.4 is 15.4 Å². The summed E-state index contributed by atoms with van der Waals surface area (Å²) in [5, 5.41) is 10.2. The van der Waals surface area contributed by atoms with Gasteiger partial charge < -0.3 is 20.1 Å². The van der Waals surface area contributed by atoms with Crippen molar-refractivity contribution in [3.63, 3.8) is 0 Å². The Morgan fingerprint density at radius 3 is 2.78 bits per heavy atom. The van der Waals surface area contributed by atoms with Gasteiger partial charge in [0.05, 0.1) is 17.2 Å². The van der Waals surface area contributed by atoms with E-state index in [2.05, 4.69) is 20.5 Å². The van der Waals surface area contributed by atoms with Crippen molar-refractivity contribution in [1.82, 2.24) is 9.78 Å². The Labute approximate surface area is 217 Å². The number of anilines is 2. The van der Waals surface area contributed by atoms with Gasteiger partial charge in [-0.1, -0.05) is 12.2 Å². The lowest BCUT2D eigenvalue weighted by Gasteiger charge is -2.28. The Morgan fingerprint density at radius 1 is 1.36 bits per heavy atom. The van der Waals surface area contributed by atoms with E-state index in [1.54, 1.807) is 14.0 Å². The molecule has 0 saturated heterocycles. The first-order valence-corrected chi connectivity index (χ1v) is 12.9. The maximum Gasteiger partial charge on any atom is 0.388 e. The van der Waals surface area contributed by atoms with Crippen LogP contribution >= 0.6 is 23.6 Å². The number of aromatic nitrogens is 2. The molecular weight excluding hydrogens is 517 g/mol. The van der Waals surface area contributed by atoms with Crippen LogP contribution in [0.2, 0.25) is 0 Å². The number of halogens is 3. The van der Waals surface area contributed by atoms with E-state index in [1.807, 2.05) is 0 Å². The van der Waals surface area contributed by atoms with Crippen LogP contribution in [0.3, 0.4) is 0 Å². The quantitative estimate of drug-likeness (QED) is 0.333. The number of nitrogens with zero attached hydrogens (tertiary/aromatic N) is 2. The molecule has 1 saturated carbocycles. The van der Waals surface area contributed by atoms with Crippen LogP contribution in [0.1, 0.15) is 54.8 Å². The summed E-state index contributed by atoms with van der Waals surface area (Å²) in [7, 11) is 1.58. The molecule has 13 heteroatoms. The van der Waals surface area contributed by atoms with Gasteiger partial charge in [0.15, 0.2) is 0 Å². The van der Waals surface area contributed by atoms with E-state index in [4.69, 9.17) is 17.0 Å². The van der Waals surface area contributed by atoms with Crippen LogP contribution in [-0.4, -0.2) is 46.0 Å². The van der Waals surface area contributed by atoms with Gasteiger partial charge in [0, 0.05) is 31.8 Å². The van der Waals surface area contributed by atoms with Gasteiger partial charge in [-0.2, -0.15) is 8.78 Å². The molecule has 0 radical (unpaired) electrons. The zero-order valence-electron chi connectivity index (χ0n) is 19.8. The number of thiophene rings is 1. The maximum absolute atomic E-state index is 13.2. The number of hydrogen-bond acceptors (Lipinski definition) is 7. The van der Waals surface area contributed by atoms with Crippen LogP contribution in [0.25, 0.3) is 0 Å². The Kier molecular flexibility index (Phi) is 8.18. The minimum absolute atomic E-state index is 0. The van der Waals surface area contributed by atoms with E-state index in [-0.39, 0.29) is 44.5 Å². The third-order valence-corrected chi connectivity index (χ3v) is 7.82. The van der Waals surface area contributed by atoms with E-state index in [1.165, 1.54) is 22.1 Å². The highest BCUT2D eigenvalue weighted by molar-refractivity contribution is 7.80. The highest BCUT2D eigenvalue weighted by Gasteiger charge is 2.36. The first-order valence-electron chi connectivity index (χ1n) is 11.7. The third kappa shape index (κ3) is 6.00. The Bertz CT molecular complexity index is 1150. The smallest absolute Gasteiger partial charge is 0.388 e. The lowest BCUT2D eigenvalue weighted by molar-refractivity contribution is -0.124. The van der Waals surface area contributed by atoms with Gasteiger partial charge in [-0.25, -0.2) is 13.9 Å². The molecule has 0 aliphatic heterocycles. The van der Waals surface area contributed by atoms with Crippen LogP contribution in [0.15, 0.2) is 6.07 Å². The molecule has 2 heterocycles. The van der Waals surface area contributed by atoms with Crippen LogP contribution in [0, 0.1) is 11.8 Å². The maximum atomic E-state index is 13.2. The third-order valence-electron chi connectivity index (χ3n) is 6.34. The number of ether oxygens (including phenoxy) is 2. The topological polar surface area (TPSA) is 94.5 Å². The lowest BCUT2D eigenvalue weighted by atomic mass is 9.82. The van der Waals surface area contributed by atoms with E-state index in [0.29, 0.717) is 40.6 Å². The number of aryl methyl sites for hydroxylation is 2. The van der Waals surface area contributed by atoms with Gasteiger partial charge in [0.25, 0.3) is 0 Å². The van der Waals surface area contributed by atoms with Gasteiger partial charge in [0.2, 0.25) is 11.8 Å². The standard InChI is InChI=1S/C23H27F3N4O4S2.H2/c1-3-33-22(32)19-14-6-11(7-18(35)27-16-10-17(29-30(16)2)34-23(25)26)4-5-15(14)36-21(19)28-20(31)12-8-13(24)9-12;/h10-13,23H,3-9H2,1-2H3,(H,27,35)(H,28,31);1H/t11-,12?,13?;/m0./s1. The summed E-state index contributed by atoms with van der Waals surface area (Å²) in [6, 6.07) is 1.34. The van der Waals surface area contributed by atoms with E-state index in [0.717, 1.165) is 16.9 Å². The second-order valence-corrected chi connectivity index (χ2v) is 10.5. The molecule has 0 spiro atoms. The highest BCUT2D eigenvalue weighted by Crippen LogP contribution is 2.42. The monoisotopic (exact) mass is 546 g/mol. The fraction of sp³-hybridized carbons (Fsp3) is 0.565. The summed E-state index contributed by atoms with van der Waals surface area (Å²) in [5.41, 5.74) is 1.21. The number of carbonyl (C=O) groups is 2. The second-order valence-electron chi connectivity index (χ2n) is 8.91. The average molecular weight is 547 g/mol. The predicted octanol–water partition coefficient (Wildman–Crippen LogP) is 5.13. The molecule has 1 fully saturated rings. The lowest BCUT2D eigenvalue weighted by Crippen LogP contribution is -2.35. The number of thiocarbonyl (C=S) groups is 1. The van der Waals surface area contributed by atoms with E-state index in [9.17, 15) is 22.8 Å². The number of esters is 1. The van der Waals surface area contributed by atoms with Gasteiger partial charge in [-0.05, 0) is 50.5 Å². The second kappa shape index (κ2) is 11.2. The van der Waals surface area contributed by atoms with Crippen molar-refractivity contribution in [2.75, 3.05) is 17.2 Å². The van der Waals surface area contributed by atoms with Gasteiger partial charge in [-0.3, -0.25) is 4.79 Å². The largest absolute Gasteiger partial charge is 0.462 e. The number of rotatable bonds is 9. The van der Waals surface area contributed by atoms with Crippen molar-refractivity contribution in [3.05, 3.63) is 22.1 Å². The Morgan fingerprint density at radius 2 is 2.11 bits per heavy atom. The average Bonchev–Trinajstić information content (AvgIpc) is 3.29. The van der Waals surface area contributed by atoms with Crippen LogP contribution in [-0.2, 0) is 29.4 Å². The van der Waals surface area contributed by atoms with Crippen molar-refractivity contribution in [2.45, 2.75) is 58.2 Å². The molecule has 1 amide bonds. The first-order chi connectivity index (χ1) is 17.1. The zero-order chi connectivity index (χ0) is 26.0. The highest BCUT2D eigenvalue weighted by atomic mass is 32.1. The summed E-state index contributed by atoms with van der Waals surface area (Å²) in [4.78, 5) is 26.9. The summed E-state index contributed by atoms with van der Waals surface area (Å²) in [6.45, 7) is -1.06. The molecule has 8 nitrogen and oxygen atoms in total. The number of fused-ring (bicyclic) bond motifs is 1. The number of hydrogen-bond donors (Lipinski definition) is 2. The number of alkyl halides is 3. The molecule has 2 aliphatic carbocycles. The summed E-state index contributed by atoms with van der Waals surface area (Å²) in [5.74, 6) is -0.828. The minimum Gasteiger partial charge on any atom is -0.462 e. The number of amides is 1. The van der Waals surface area contributed by atoms with Gasteiger partial charge in [-0.15, -0.1) is 16.4 Å². The van der Waals surface area contributed by atoms with E-state index >= 15 is 0 Å². The van der Waals surface area contributed by atoms with E-state index < -0.39 is 18.8 Å². The van der Waals surface area contributed by atoms with Crippen LogP contribution in [0.5, 0.6) is 5.88 Å². The molecule has 2 aromatic heterocycles. The SMILES string of the molecule is CCOC(=O)c1c(NC(=O)C2CC(F)C2)sc2c1C[C@@H](CC(=S)Nc1cc(OC(F)F)nn1C)CC2.[HH]. The molecule has 2 N–H and O–H groups in total. The molecular formula is C23H29F3N4O4S2. The van der Waals surface area contributed by atoms with Crippen molar-refractivity contribution in [1.29, 1.82) is 0 Å². The first kappa shape index (κ1) is 26.4. The normalized spacial score (nSPS) is 20.9. The molecule has 4 rings (SSSR count). The van der Waals surface area contributed by atoms with Crippen molar-refractivity contribution in [3.8, 4) is 5.88 Å². The Balaban J connectivity index is 0.00000380. The predicted molar refractivity (Wildman–Crippen MR) is 135 cm³/mol. The molecule has 198 valence electrons. The fourth-order valence-electron chi connectivity index (χ4n) is 4.48. The molecule has 0 unspecified atom stereocenters. The van der Waals surface area contributed by atoms with Crippen molar-refractivity contribution in [2.24, 2.45) is 18.9 Å². The molecule has 36 heavy (non-hydrogen) atoms. The molecule has 0 aromatic carbocycles. The van der Waals surface area contributed by atoms with Gasteiger partial charge >= 0.3 is 12.6 Å². The minimum atomic E-state index is -2.97. The fourth-order valence-corrected chi connectivity index (χ4v) is 6.05. The zero-order valence-corrected chi connectivity index (χ0v) is 21.4. The molecule has 0 bridgehead atoms. The summed E-state index contributed by atoms with van der Waals surface area (Å²) >= 11 is 6.87. The van der Waals surface area contributed by atoms with Crippen molar-refractivity contribution < 1.29 is 33.7 Å². The molecule has 2 aliphatic rings. The molecule has 1 atom stereocenters. The van der Waals surface area contributed by atoms with Crippen LogP contribution in [0.4, 0.5) is 24.0 Å². The summed E-state index contributed by atoms with van der Waals surface area (Å²) < 4.78 is 49.1. The summed E-state index contributed by atoms with van der Waals surface area (Å²) in [6.07, 6.45) is 2.06.